The molecule has 134 valence electrons. The number of nitrogens with one attached hydrogen (secondary N) is 1. The molecule has 1 aliphatic heterocycles. The molecule has 0 saturated carbocycles. The number of nitrogens with zero attached hydrogens (tertiary/aromatic N) is 4. The zero-order valence-electron chi connectivity index (χ0n) is 14.2. The molecule has 8 heteroatoms. The van der Waals surface area contributed by atoms with E-state index in [1.54, 1.807) is 0 Å². The number of ether oxygens (including phenoxy) is 1. The number of halogens is 1. The molecule has 0 aliphatic carbocycles. The van der Waals surface area contributed by atoms with Gasteiger partial charge in [-0.15, -0.1) is 12.4 Å². The van der Waals surface area contributed by atoms with E-state index in [9.17, 15) is 0 Å². The smallest absolute Gasteiger partial charge is 0.320 e. The number of nitrogens with two attached hydrogens (primary N) is 1. The molecule has 0 bridgehead atoms. The highest BCUT2D eigenvalue weighted by Crippen LogP contribution is 2.22. The molecular weight excluding hydrogens is 328 g/mol. The Morgan fingerprint density at radius 3 is 2.88 bits per heavy atom. The lowest BCUT2D eigenvalue weighted by Gasteiger charge is -2.22. The highest BCUT2D eigenvalue weighted by molar-refractivity contribution is 5.85. The maximum Gasteiger partial charge on any atom is 0.320 e. The van der Waals surface area contributed by atoms with Crippen molar-refractivity contribution < 1.29 is 4.74 Å². The minimum Gasteiger partial charge on any atom is -0.463 e. The van der Waals surface area contributed by atoms with Crippen molar-refractivity contribution in [3.8, 4) is 6.01 Å². The molecule has 0 radical (unpaired) electrons. The molecule has 2 aromatic rings. The predicted molar refractivity (Wildman–Crippen MR) is 97.6 cm³/mol. The van der Waals surface area contributed by atoms with Gasteiger partial charge in [0.1, 0.15) is 5.52 Å². The van der Waals surface area contributed by atoms with Gasteiger partial charge in [0.05, 0.1) is 12.9 Å². The summed E-state index contributed by atoms with van der Waals surface area (Å²) in [7, 11) is 0. The second kappa shape index (κ2) is 9.03. The van der Waals surface area contributed by atoms with Crippen molar-refractivity contribution in [3.05, 3.63) is 6.33 Å². The summed E-state index contributed by atoms with van der Waals surface area (Å²) in [5.74, 6) is 1.16. The third kappa shape index (κ3) is 4.48. The van der Waals surface area contributed by atoms with Crippen LogP contribution in [0.4, 0.5) is 5.82 Å². The summed E-state index contributed by atoms with van der Waals surface area (Å²) >= 11 is 0. The number of piperidine rings is 1. The molecule has 7 nitrogen and oxygen atoms in total. The fourth-order valence-electron chi connectivity index (χ4n) is 2.97. The second-order valence-electron chi connectivity index (χ2n) is 6.19. The van der Waals surface area contributed by atoms with Crippen LogP contribution in [0.5, 0.6) is 6.01 Å². The first-order chi connectivity index (χ1) is 11.3. The molecular formula is C16H27ClN6O. The highest BCUT2D eigenvalue weighted by Gasteiger charge is 2.15. The molecule has 0 unspecified atom stereocenters. The Morgan fingerprint density at radius 1 is 1.33 bits per heavy atom. The first-order valence-electron chi connectivity index (χ1n) is 8.59. The maximum absolute atomic E-state index is 6.00. The fraction of sp³-hybridized carbons (Fsp3) is 0.688. The Labute approximate surface area is 148 Å². The molecule has 1 saturated heterocycles. The summed E-state index contributed by atoms with van der Waals surface area (Å²) < 4.78 is 7.67. The van der Waals surface area contributed by atoms with E-state index >= 15 is 0 Å². The Morgan fingerprint density at radius 2 is 2.12 bits per heavy atom. The van der Waals surface area contributed by atoms with E-state index in [1.165, 1.54) is 12.8 Å². The van der Waals surface area contributed by atoms with E-state index in [0.717, 1.165) is 50.5 Å². The average Bonchev–Trinajstić information content (AvgIpc) is 2.98. The van der Waals surface area contributed by atoms with Crippen LogP contribution in [0.1, 0.15) is 39.0 Å². The SMILES string of the molecule is CCCCOc1nc(N)c2ncn(CCC3CCNCC3)c2n1.Cl. The van der Waals surface area contributed by atoms with Crippen molar-refractivity contribution in [2.75, 3.05) is 25.4 Å². The molecule has 0 spiro atoms. The lowest BCUT2D eigenvalue weighted by Crippen LogP contribution is -2.28. The maximum atomic E-state index is 6.00. The van der Waals surface area contributed by atoms with E-state index in [2.05, 4.69) is 31.8 Å². The summed E-state index contributed by atoms with van der Waals surface area (Å²) in [4.78, 5) is 13.1. The van der Waals surface area contributed by atoms with Crippen molar-refractivity contribution in [2.24, 2.45) is 5.92 Å². The van der Waals surface area contributed by atoms with Crippen LogP contribution >= 0.6 is 12.4 Å². The van der Waals surface area contributed by atoms with E-state index in [4.69, 9.17) is 10.5 Å². The van der Waals surface area contributed by atoms with Gasteiger partial charge in [-0.1, -0.05) is 13.3 Å². The van der Waals surface area contributed by atoms with Crippen molar-refractivity contribution in [1.82, 2.24) is 24.8 Å². The number of hydrogen-bond donors (Lipinski definition) is 2. The van der Waals surface area contributed by atoms with Gasteiger partial charge in [0.25, 0.3) is 0 Å². The molecule has 3 N–H and O–H groups in total. The number of fused-ring (bicyclic) bond motifs is 1. The van der Waals surface area contributed by atoms with E-state index < -0.39 is 0 Å². The minimum atomic E-state index is 0. The third-order valence-corrected chi connectivity index (χ3v) is 4.44. The average molecular weight is 355 g/mol. The number of aromatic nitrogens is 4. The number of hydrogen-bond acceptors (Lipinski definition) is 6. The van der Waals surface area contributed by atoms with Crippen LogP contribution in [0.25, 0.3) is 11.2 Å². The van der Waals surface area contributed by atoms with Gasteiger partial charge in [0.2, 0.25) is 0 Å². The van der Waals surface area contributed by atoms with Gasteiger partial charge in [-0.25, -0.2) is 4.98 Å². The van der Waals surface area contributed by atoms with Crippen LogP contribution in [-0.4, -0.2) is 39.2 Å². The number of nitrogen functional groups attached to an aromatic ring is 1. The zero-order valence-corrected chi connectivity index (χ0v) is 15.0. The van der Waals surface area contributed by atoms with Crippen molar-refractivity contribution in [2.45, 2.75) is 45.6 Å². The van der Waals surface area contributed by atoms with Gasteiger partial charge >= 0.3 is 6.01 Å². The predicted octanol–water partition coefficient (Wildman–Crippen LogP) is 2.40. The van der Waals surface area contributed by atoms with Gasteiger partial charge in [-0.3, -0.25) is 0 Å². The van der Waals surface area contributed by atoms with Gasteiger partial charge in [0.15, 0.2) is 11.5 Å². The Hall–Kier alpha value is -1.60. The molecule has 0 atom stereocenters. The zero-order chi connectivity index (χ0) is 16.1. The standard InChI is InChI=1S/C16H26N6O.ClH/c1-2-3-10-23-16-20-14(17)13-15(21-16)22(11-19-13)9-6-12-4-7-18-8-5-12;/h11-12,18H,2-10H2,1H3,(H2,17,20,21);1H. The quantitative estimate of drug-likeness (QED) is 0.742. The monoisotopic (exact) mass is 354 g/mol. The summed E-state index contributed by atoms with van der Waals surface area (Å²) in [6.45, 7) is 5.90. The van der Waals surface area contributed by atoms with E-state index in [1.807, 2.05) is 6.33 Å². The van der Waals surface area contributed by atoms with Crippen molar-refractivity contribution in [3.63, 3.8) is 0 Å². The highest BCUT2D eigenvalue weighted by atomic mass is 35.5. The molecule has 1 aliphatic rings. The van der Waals surface area contributed by atoms with Crippen LogP contribution in [0.2, 0.25) is 0 Å². The van der Waals surface area contributed by atoms with Gasteiger partial charge in [0, 0.05) is 6.54 Å². The number of imidazole rings is 1. The van der Waals surface area contributed by atoms with E-state index in [-0.39, 0.29) is 12.4 Å². The van der Waals surface area contributed by atoms with Crippen molar-refractivity contribution >= 4 is 29.4 Å². The number of anilines is 1. The Balaban J connectivity index is 0.00000208. The topological polar surface area (TPSA) is 90.9 Å². The van der Waals surface area contributed by atoms with Crippen LogP contribution in [0, 0.1) is 5.92 Å². The Bertz CT molecular complexity index is 641. The summed E-state index contributed by atoms with van der Waals surface area (Å²) in [6.07, 6.45) is 7.50. The lowest BCUT2D eigenvalue weighted by atomic mass is 9.95. The van der Waals surface area contributed by atoms with Crippen molar-refractivity contribution in [1.29, 1.82) is 0 Å². The first kappa shape index (κ1) is 18.7. The molecule has 0 amide bonds. The number of aryl methyl sites for hydroxylation is 1. The molecule has 24 heavy (non-hydrogen) atoms. The number of rotatable bonds is 7. The summed E-state index contributed by atoms with van der Waals surface area (Å²) in [6, 6.07) is 0.354. The van der Waals surface area contributed by atoms with Crippen LogP contribution in [0.3, 0.4) is 0 Å². The lowest BCUT2D eigenvalue weighted by molar-refractivity contribution is 0.286. The summed E-state index contributed by atoms with van der Waals surface area (Å²) in [5.41, 5.74) is 7.44. The largest absolute Gasteiger partial charge is 0.463 e. The molecule has 2 aromatic heterocycles. The normalized spacial score (nSPS) is 15.4. The molecule has 0 aromatic carbocycles. The second-order valence-corrected chi connectivity index (χ2v) is 6.19. The van der Waals surface area contributed by atoms with Crippen LogP contribution in [-0.2, 0) is 6.54 Å². The molecule has 3 rings (SSSR count). The number of unbranched alkanes of at least 4 members (excludes halogenated alkanes) is 1. The van der Waals surface area contributed by atoms with Crippen LogP contribution < -0.4 is 15.8 Å². The Kier molecular flexibility index (Phi) is 7.05. The minimum absolute atomic E-state index is 0. The fourth-order valence-corrected chi connectivity index (χ4v) is 2.97. The van der Waals surface area contributed by atoms with E-state index in [0.29, 0.717) is 24.0 Å². The summed E-state index contributed by atoms with van der Waals surface area (Å²) in [5, 5.41) is 3.40. The van der Waals surface area contributed by atoms with Gasteiger partial charge in [-0.2, -0.15) is 9.97 Å². The first-order valence-corrected chi connectivity index (χ1v) is 8.59. The molecule has 1 fully saturated rings. The van der Waals surface area contributed by atoms with Gasteiger partial charge in [-0.05, 0) is 44.7 Å². The molecule has 3 heterocycles. The third-order valence-electron chi connectivity index (χ3n) is 4.44. The van der Waals surface area contributed by atoms with Gasteiger partial charge < -0.3 is 20.4 Å². The van der Waals surface area contributed by atoms with Crippen LogP contribution in [0.15, 0.2) is 6.33 Å².